The highest BCUT2D eigenvalue weighted by molar-refractivity contribution is 5.26. The van der Waals surface area contributed by atoms with Crippen molar-refractivity contribution in [2.75, 3.05) is 19.6 Å². The molecule has 0 spiro atoms. The van der Waals surface area contributed by atoms with Crippen LogP contribution in [0.2, 0.25) is 0 Å². The lowest BCUT2D eigenvalue weighted by Gasteiger charge is -2.23. The lowest BCUT2D eigenvalue weighted by atomic mass is 10.0. The summed E-state index contributed by atoms with van der Waals surface area (Å²) in [4.78, 5) is 0. The summed E-state index contributed by atoms with van der Waals surface area (Å²) in [6.07, 6.45) is 2.84. The molecule has 0 atom stereocenters. The zero-order chi connectivity index (χ0) is 13.0. The van der Waals surface area contributed by atoms with Crippen LogP contribution in [-0.2, 0) is 6.42 Å². The maximum atomic E-state index is 13.8. The second-order valence-corrected chi connectivity index (χ2v) is 4.87. The molecule has 2 nitrogen and oxygen atoms in total. The van der Waals surface area contributed by atoms with E-state index in [4.69, 9.17) is 0 Å². The molecule has 0 aromatic heterocycles. The van der Waals surface area contributed by atoms with Crippen LogP contribution in [0.3, 0.4) is 0 Å². The van der Waals surface area contributed by atoms with Gasteiger partial charge in [0.05, 0.1) is 0 Å². The van der Waals surface area contributed by atoms with Gasteiger partial charge in [0.2, 0.25) is 0 Å². The third-order valence-electron chi connectivity index (χ3n) is 3.57. The van der Waals surface area contributed by atoms with Crippen LogP contribution in [0, 0.1) is 18.6 Å². The van der Waals surface area contributed by atoms with E-state index in [9.17, 15) is 8.78 Å². The Bertz CT molecular complexity index is 401. The summed E-state index contributed by atoms with van der Waals surface area (Å²) in [6, 6.07) is 3.41. The molecular formula is C14H20F2N2. The number of nitrogens with one attached hydrogen (secondary N) is 2. The van der Waals surface area contributed by atoms with E-state index in [1.165, 1.54) is 13.0 Å². The van der Waals surface area contributed by atoms with Crippen molar-refractivity contribution in [3.63, 3.8) is 0 Å². The zero-order valence-corrected chi connectivity index (χ0v) is 10.7. The molecule has 0 unspecified atom stereocenters. The summed E-state index contributed by atoms with van der Waals surface area (Å²) in [5.74, 6) is -0.871. The van der Waals surface area contributed by atoms with Gasteiger partial charge in [0.15, 0.2) is 0 Å². The first-order valence-corrected chi connectivity index (χ1v) is 6.56. The van der Waals surface area contributed by atoms with E-state index >= 15 is 0 Å². The fraction of sp³-hybridized carbons (Fsp3) is 0.571. The van der Waals surface area contributed by atoms with E-state index in [2.05, 4.69) is 10.6 Å². The average molecular weight is 254 g/mol. The molecule has 1 heterocycles. The highest BCUT2D eigenvalue weighted by Gasteiger charge is 2.13. The lowest BCUT2D eigenvalue weighted by Crippen LogP contribution is -2.40. The van der Waals surface area contributed by atoms with Crippen LogP contribution in [0.4, 0.5) is 8.78 Å². The van der Waals surface area contributed by atoms with Gasteiger partial charge in [0, 0.05) is 11.6 Å². The largest absolute Gasteiger partial charge is 0.317 e. The van der Waals surface area contributed by atoms with Crippen LogP contribution in [0.15, 0.2) is 12.1 Å². The van der Waals surface area contributed by atoms with Crippen LogP contribution >= 0.6 is 0 Å². The van der Waals surface area contributed by atoms with E-state index in [1.807, 2.05) is 0 Å². The van der Waals surface area contributed by atoms with Crippen molar-refractivity contribution in [1.82, 2.24) is 10.6 Å². The Morgan fingerprint density at radius 2 is 2.00 bits per heavy atom. The number of hydrogen-bond donors (Lipinski definition) is 2. The van der Waals surface area contributed by atoms with Crippen LogP contribution in [-0.4, -0.2) is 25.7 Å². The number of hydrogen-bond acceptors (Lipinski definition) is 2. The first-order chi connectivity index (χ1) is 8.68. The van der Waals surface area contributed by atoms with Crippen molar-refractivity contribution in [3.8, 4) is 0 Å². The molecule has 0 bridgehead atoms. The van der Waals surface area contributed by atoms with Crippen molar-refractivity contribution in [2.24, 2.45) is 0 Å². The standard InChI is InChI=1S/C14H20F2N2/c1-10-13(15)3-2-11(14(10)16)4-9-18-12-5-7-17-8-6-12/h2-3,12,17-18H,4-9H2,1H3. The molecular weight excluding hydrogens is 234 g/mol. The van der Waals surface area contributed by atoms with Crippen molar-refractivity contribution in [3.05, 3.63) is 34.9 Å². The topological polar surface area (TPSA) is 24.1 Å². The fourth-order valence-electron chi connectivity index (χ4n) is 2.35. The Labute approximate surface area is 107 Å². The SMILES string of the molecule is Cc1c(F)ccc(CCNC2CCNCC2)c1F. The molecule has 1 aliphatic rings. The molecule has 1 saturated heterocycles. The van der Waals surface area contributed by atoms with Gasteiger partial charge in [0.25, 0.3) is 0 Å². The van der Waals surface area contributed by atoms with Crippen LogP contribution in [0.25, 0.3) is 0 Å². The highest BCUT2D eigenvalue weighted by Crippen LogP contribution is 2.16. The van der Waals surface area contributed by atoms with Gasteiger partial charge in [-0.25, -0.2) is 8.78 Å². The van der Waals surface area contributed by atoms with Gasteiger partial charge in [-0.15, -0.1) is 0 Å². The zero-order valence-electron chi connectivity index (χ0n) is 10.7. The number of benzene rings is 1. The predicted molar refractivity (Wildman–Crippen MR) is 68.7 cm³/mol. The summed E-state index contributed by atoms with van der Waals surface area (Å²) in [5.41, 5.74) is 0.713. The smallest absolute Gasteiger partial charge is 0.132 e. The minimum Gasteiger partial charge on any atom is -0.317 e. The molecule has 0 saturated carbocycles. The van der Waals surface area contributed by atoms with Gasteiger partial charge in [-0.3, -0.25) is 0 Å². The molecule has 100 valence electrons. The summed E-state index contributed by atoms with van der Waals surface area (Å²) in [5, 5.41) is 6.73. The van der Waals surface area contributed by atoms with Gasteiger partial charge in [0.1, 0.15) is 11.6 Å². The molecule has 1 fully saturated rings. The number of piperidine rings is 1. The Kier molecular flexibility index (Phi) is 4.66. The number of rotatable bonds is 4. The first kappa shape index (κ1) is 13.4. The van der Waals surface area contributed by atoms with E-state index in [0.717, 1.165) is 32.5 Å². The first-order valence-electron chi connectivity index (χ1n) is 6.56. The van der Waals surface area contributed by atoms with Crippen LogP contribution in [0.1, 0.15) is 24.0 Å². The highest BCUT2D eigenvalue weighted by atomic mass is 19.1. The molecule has 4 heteroatoms. The Balaban J connectivity index is 1.84. The third kappa shape index (κ3) is 3.27. The average Bonchev–Trinajstić information content (AvgIpc) is 2.40. The van der Waals surface area contributed by atoms with E-state index in [0.29, 0.717) is 18.0 Å². The fourth-order valence-corrected chi connectivity index (χ4v) is 2.35. The van der Waals surface area contributed by atoms with E-state index < -0.39 is 11.6 Å². The Hall–Kier alpha value is -1.00. The molecule has 1 aromatic carbocycles. The van der Waals surface area contributed by atoms with Crippen LogP contribution in [0.5, 0.6) is 0 Å². The monoisotopic (exact) mass is 254 g/mol. The lowest BCUT2D eigenvalue weighted by molar-refractivity contribution is 0.388. The van der Waals surface area contributed by atoms with E-state index in [1.54, 1.807) is 6.07 Å². The number of halogens is 2. The Morgan fingerprint density at radius 3 is 2.72 bits per heavy atom. The maximum Gasteiger partial charge on any atom is 0.132 e. The second kappa shape index (κ2) is 6.25. The molecule has 0 radical (unpaired) electrons. The quantitative estimate of drug-likeness (QED) is 0.860. The van der Waals surface area contributed by atoms with Crippen LogP contribution < -0.4 is 10.6 Å². The van der Waals surface area contributed by atoms with Gasteiger partial charge in [-0.05, 0) is 57.5 Å². The minimum absolute atomic E-state index is 0.120. The summed E-state index contributed by atoms with van der Waals surface area (Å²) < 4.78 is 26.9. The molecule has 1 aliphatic heterocycles. The molecule has 0 aliphatic carbocycles. The summed E-state index contributed by atoms with van der Waals surface area (Å²) >= 11 is 0. The summed E-state index contributed by atoms with van der Waals surface area (Å²) in [6.45, 7) is 4.31. The maximum absolute atomic E-state index is 13.8. The van der Waals surface area contributed by atoms with Crippen molar-refractivity contribution in [1.29, 1.82) is 0 Å². The van der Waals surface area contributed by atoms with Gasteiger partial charge >= 0.3 is 0 Å². The van der Waals surface area contributed by atoms with Crippen molar-refractivity contribution < 1.29 is 8.78 Å². The minimum atomic E-state index is -0.470. The van der Waals surface area contributed by atoms with Gasteiger partial charge in [-0.2, -0.15) is 0 Å². The second-order valence-electron chi connectivity index (χ2n) is 4.87. The predicted octanol–water partition coefficient (Wildman–Crippen LogP) is 2.16. The van der Waals surface area contributed by atoms with E-state index in [-0.39, 0.29) is 5.56 Å². The Morgan fingerprint density at radius 1 is 1.28 bits per heavy atom. The summed E-state index contributed by atoms with van der Waals surface area (Å²) in [7, 11) is 0. The molecule has 0 amide bonds. The van der Waals surface area contributed by atoms with Gasteiger partial charge in [-0.1, -0.05) is 6.07 Å². The molecule has 18 heavy (non-hydrogen) atoms. The van der Waals surface area contributed by atoms with Crippen molar-refractivity contribution >= 4 is 0 Å². The molecule has 2 N–H and O–H groups in total. The van der Waals surface area contributed by atoms with Crippen molar-refractivity contribution in [2.45, 2.75) is 32.2 Å². The normalized spacial score (nSPS) is 17.1. The van der Waals surface area contributed by atoms with Gasteiger partial charge < -0.3 is 10.6 Å². The molecule has 1 aromatic rings. The molecule has 2 rings (SSSR count). The third-order valence-corrected chi connectivity index (χ3v) is 3.57.